The molecule has 118 valence electrons. The number of hydrogen-bond acceptors (Lipinski definition) is 2. The molecule has 0 aliphatic carbocycles. The smallest absolute Gasteiger partial charge is 0.357 e. The summed E-state index contributed by atoms with van der Waals surface area (Å²) in [6.45, 7) is 0.521. The van der Waals surface area contributed by atoms with E-state index in [0.717, 1.165) is 5.69 Å². The molecule has 2 N–H and O–H groups in total. The number of hydrogen-bond donors (Lipinski definition) is 2. The van der Waals surface area contributed by atoms with E-state index in [9.17, 15) is 18.0 Å². The lowest BCUT2D eigenvalue weighted by atomic mass is 10.00. The van der Waals surface area contributed by atoms with Gasteiger partial charge in [-0.1, -0.05) is 12.1 Å². The highest BCUT2D eigenvalue weighted by Crippen LogP contribution is 2.34. The first-order valence-electron chi connectivity index (χ1n) is 7.19. The summed E-state index contributed by atoms with van der Waals surface area (Å²) in [7, 11) is 0. The van der Waals surface area contributed by atoms with Crippen molar-refractivity contribution in [1.29, 1.82) is 0 Å². The maximum absolute atomic E-state index is 12.9. The fourth-order valence-electron chi connectivity index (χ4n) is 3.24. The number of rotatable bonds is 1. The van der Waals surface area contributed by atoms with Crippen molar-refractivity contribution in [2.75, 3.05) is 6.54 Å². The van der Waals surface area contributed by atoms with Gasteiger partial charge in [-0.3, -0.25) is 9.78 Å². The van der Waals surface area contributed by atoms with Gasteiger partial charge in [0.15, 0.2) is 0 Å². The molecule has 0 radical (unpaired) electrons. The number of carbonyl (C=O) groups excluding carboxylic acids is 1. The van der Waals surface area contributed by atoms with Crippen LogP contribution in [0.1, 0.15) is 21.6 Å². The minimum Gasteiger partial charge on any atom is -0.357 e. The molecule has 3 heterocycles. The predicted octanol–water partition coefficient (Wildman–Crippen LogP) is 3.11. The van der Waals surface area contributed by atoms with Crippen molar-refractivity contribution in [3.05, 3.63) is 41.3 Å². The highest BCUT2D eigenvalue weighted by molar-refractivity contribution is 6.16. The monoisotopic (exact) mass is 319 g/mol. The molecule has 2 aromatic heterocycles. The van der Waals surface area contributed by atoms with Crippen LogP contribution in [0.3, 0.4) is 0 Å². The van der Waals surface area contributed by atoms with Gasteiger partial charge in [-0.05, 0) is 5.56 Å². The van der Waals surface area contributed by atoms with E-state index in [2.05, 4.69) is 15.3 Å². The Morgan fingerprint density at radius 2 is 2.04 bits per heavy atom. The molecule has 1 aliphatic heterocycles. The third kappa shape index (κ3) is 2.23. The largest absolute Gasteiger partial charge is 0.393 e. The number of aromatic amines is 1. The molecular weight excluding hydrogens is 307 g/mol. The Kier molecular flexibility index (Phi) is 2.88. The van der Waals surface area contributed by atoms with Crippen LogP contribution in [-0.2, 0) is 12.8 Å². The standard InChI is InChI=1S/C16H12F3N3O/c17-16(18,19)5-9-7-20-6-8-1-2-10-13-11(3-4-21-15(13)23)22-14(10)12(8)9/h1-2,6-7,22H,3-5H2,(H,21,23). The third-order valence-electron chi connectivity index (χ3n) is 4.13. The summed E-state index contributed by atoms with van der Waals surface area (Å²) >= 11 is 0. The van der Waals surface area contributed by atoms with Crippen LogP contribution in [0.2, 0.25) is 0 Å². The number of nitrogens with one attached hydrogen (secondary N) is 2. The Labute approximate surface area is 128 Å². The lowest BCUT2D eigenvalue weighted by molar-refractivity contribution is -0.127. The van der Waals surface area contributed by atoms with Gasteiger partial charge >= 0.3 is 6.18 Å². The molecule has 3 aromatic rings. The van der Waals surface area contributed by atoms with Crippen LogP contribution < -0.4 is 5.32 Å². The van der Waals surface area contributed by atoms with Crippen molar-refractivity contribution in [2.45, 2.75) is 19.0 Å². The van der Waals surface area contributed by atoms with Crippen LogP contribution in [0.15, 0.2) is 24.5 Å². The van der Waals surface area contributed by atoms with Crippen molar-refractivity contribution in [1.82, 2.24) is 15.3 Å². The zero-order valence-corrected chi connectivity index (χ0v) is 11.9. The summed E-state index contributed by atoms with van der Waals surface area (Å²) in [4.78, 5) is 19.2. The Morgan fingerprint density at radius 3 is 2.83 bits per heavy atom. The summed E-state index contributed by atoms with van der Waals surface area (Å²) < 4.78 is 38.6. The van der Waals surface area contributed by atoms with Crippen LogP contribution >= 0.6 is 0 Å². The number of aromatic nitrogens is 2. The molecule has 0 atom stereocenters. The molecule has 1 aliphatic rings. The molecular formula is C16H12F3N3O. The van der Waals surface area contributed by atoms with E-state index in [1.807, 2.05) is 0 Å². The van der Waals surface area contributed by atoms with Gasteiger partial charge in [0.2, 0.25) is 0 Å². The molecule has 1 amide bonds. The fraction of sp³-hybridized carbons (Fsp3) is 0.250. The van der Waals surface area contributed by atoms with E-state index < -0.39 is 12.6 Å². The minimum absolute atomic E-state index is 0.111. The molecule has 7 heteroatoms. The normalized spacial score (nSPS) is 15.0. The first kappa shape index (κ1) is 14.0. The molecule has 0 saturated carbocycles. The third-order valence-corrected chi connectivity index (χ3v) is 4.13. The second-order valence-corrected chi connectivity index (χ2v) is 5.66. The van der Waals surface area contributed by atoms with Crippen LogP contribution in [0.25, 0.3) is 21.7 Å². The topological polar surface area (TPSA) is 57.8 Å². The lowest BCUT2D eigenvalue weighted by Crippen LogP contribution is -2.31. The summed E-state index contributed by atoms with van der Waals surface area (Å²) in [6.07, 6.45) is -1.95. The molecule has 0 bridgehead atoms. The molecule has 1 aromatic carbocycles. The predicted molar refractivity (Wildman–Crippen MR) is 79.4 cm³/mol. The SMILES string of the molecule is O=C1NCCc2[nH]c3c(ccc4cncc(CC(F)(F)F)c43)c21. The van der Waals surface area contributed by atoms with Gasteiger partial charge < -0.3 is 10.3 Å². The fourth-order valence-corrected chi connectivity index (χ4v) is 3.24. The lowest BCUT2D eigenvalue weighted by Gasteiger charge is -2.12. The van der Waals surface area contributed by atoms with Gasteiger partial charge in [0.25, 0.3) is 5.91 Å². The molecule has 23 heavy (non-hydrogen) atoms. The van der Waals surface area contributed by atoms with Crippen molar-refractivity contribution >= 4 is 27.6 Å². The van der Waals surface area contributed by atoms with Crippen molar-refractivity contribution in [2.24, 2.45) is 0 Å². The molecule has 4 rings (SSSR count). The summed E-state index contributed by atoms with van der Waals surface area (Å²) in [6, 6.07) is 3.47. The number of pyridine rings is 1. The number of amides is 1. The van der Waals surface area contributed by atoms with Crippen LogP contribution in [0, 0.1) is 0 Å². The minimum atomic E-state index is -4.32. The summed E-state index contributed by atoms with van der Waals surface area (Å²) in [5, 5.41) is 4.52. The van der Waals surface area contributed by atoms with Gasteiger partial charge in [0.05, 0.1) is 17.5 Å². The Hall–Kier alpha value is -2.57. The van der Waals surface area contributed by atoms with E-state index in [0.29, 0.717) is 40.2 Å². The van der Waals surface area contributed by atoms with Crippen molar-refractivity contribution in [3.63, 3.8) is 0 Å². The number of alkyl halides is 3. The second kappa shape index (κ2) is 4.71. The molecule has 0 unspecified atom stereocenters. The molecule has 0 fully saturated rings. The first-order chi connectivity index (χ1) is 10.9. The van der Waals surface area contributed by atoms with Gasteiger partial charge in [0, 0.05) is 47.2 Å². The number of benzene rings is 1. The van der Waals surface area contributed by atoms with Crippen molar-refractivity contribution in [3.8, 4) is 0 Å². The molecule has 0 saturated heterocycles. The summed E-state index contributed by atoms with van der Waals surface area (Å²) in [5.41, 5.74) is 1.99. The van der Waals surface area contributed by atoms with Gasteiger partial charge in [-0.25, -0.2) is 0 Å². The summed E-state index contributed by atoms with van der Waals surface area (Å²) in [5.74, 6) is -0.191. The Bertz CT molecular complexity index is 943. The van der Waals surface area contributed by atoms with E-state index in [-0.39, 0.29) is 11.5 Å². The zero-order chi connectivity index (χ0) is 16.2. The van der Waals surface area contributed by atoms with Crippen LogP contribution in [0.4, 0.5) is 13.2 Å². The highest BCUT2D eigenvalue weighted by atomic mass is 19.4. The van der Waals surface area contributed by atoms with Crippen LogP contribution in [-0.4, -0.2) is 28.6 Å². The number of fused-ring (bicyclic) bond motifs is 5. The Balaban J connectivity index is 2.06. The van der Waals surface area contributed by atoms with Crippen LogP contribution in [0.5, 0.6) is 0 Å². The average Bonchev–Trinajstić information content (AvgIpc) is 2.85. The first-order valence-corrected chi connectivity index (χ1v) is 7.19. The quantitative estimate of drug-likeness (QED) is 0.724. The van der Waals surface area contributed by atoms with E-state index in [1.165, 1.54) is 12.4 Å². The van der Waals surface area contributed by atoms with Crippen molar-refractivity contribution < 1.29 is 18.0 Å². The highest BCUT2D eigenvalue weighted by Gasteiger charge is 2.30. The number of halogens is 3. The number of carbonyl (C=O) groups is 1. The van der Waals surface area contributed by atoms with E-state index in [1.54, 1.807) is 12.1 Å². The molecule has 0 spiro atoms. The average molecular weight is 319 g/mol. The second-order valence-electron chi connectivity index (χ2n) is 5.66. The van der Waals surface area contributed by atoms with E-state index >= 15 is 0 Å². The number of nitrogens with zero attached hydrogens (tertiary/aromatic N) is 1. The van der Waals surface area contributed by atoms with Gasteiger partial charge in [-0.15, -0.1) is 0 Å². The molecule has 4 nitrogen and oxygen atoms in total. The van der Waals surface area contributed by atoms with Gasteiger partial charge in [-0.2, -0.15) is 13.2 Å². The van der Waals surface area contributed by atoms with Gasteiger partial charge in [0.1, 0.15) is 0 Å². The maximum atomic E-state index is 12.9. The zero-order valence-electron chi connectivity index (χ0n) is 11.9. The maximum Gasteiger partial charge on any atom is 0.393 e. The van der Waals surface area contributed by atoms with E-state index in [4.69, 9.17) is 0 Å². The Morgan fingerprint density at radius 1 is 1.22 bits per heavy atom. The number of H-pyrrole nitrogens is 1.